The van der Waals surface area contributed by atoms with Crippen molar-refractivity contribution in [1.29, 1.82) is 0 Å². The Hall–Kier alpha value is -3.53. The van der Waals surface area contributed by atoms with Gasteiger partial charge in [-0.15, -0.1) is 0 Å². The maximum atomic E-state index is 13.5. The summed E-state index contributed by atoms with van der Waals surface area (Å²) in [7, 11) is 3.95. The number of esters is 1. The van der Waals surface area contributed by atoms with Crippen LogP contribution in [-0.4, -0.2) is 85.0 Å². The summed E-state index contributed by atoms with van der Waals surface area (Å²) >= 11 is 0. The van der Waals surface area contributed by atoms with Crippen molar-refractivity contribution in [3.05, 3.63) is 28.1 Å². The summed E-state index contributed by atoms with van der Waals surface area (Å²) in [6.45, 7) is 1.57. The molecule has 36 heavy (non-hydrogen) atoms. The Morgan fingerprint density at radius 3 is 2.67 bits per heavy atom. The van der Waals surface area contributed by atoms with Crippen LogP contribution in [0.4, 0.5) is 4.79 Å². The van der Waals surface area contributed by atoms with E-state index in [4.69, 9.17) is 9.47 Å². The number of aliphatic hydroxyl groups is 1. The molecule has 15 heteroatoms. The number of carbonyl (C=O) groups is 2. The van der Waals surface area contributed by atoms with E-state index in [0.29, 0.717) is 29.9 Å². The molecule has 4 unspecified atom stereocenters. The number of methoxy groups -OCH3 is 2. The first-order valence-electron chi connectivity index (χ1n) is 11.2. The number of aryl methyl sites for hydroxylation is 2. The number of imidazole rings is 2. The molecule has 1 saturated heterocycles. The van der Waals surface area contributed by atoms with E-state index >= 15 is 0 Å². The molecule has 1 amide bonds. The topological polar surface area (TPSA) is 181 Å². The van der Waals surface area contributed by atoms with Gasteiger partial charge in [0.05, 0.1) is 44.6 Å². The van der Waals surface area contributed by atoms with E-state index in [2.05, 4.69) is 24.9 Å². The number of aromatic nitrogens is 5. The fourth-order valence-electron chi connectivity index (χ4n) is 4.52. The predicted octanol–water partition coefficient (Wildman–Crippen LogP) is -0.341. The molecule has 0 bridgehead atoms. The minimum absolute atomic E-state index is 0.0966. The molecule has 3 N–H and O–H groups in total. The van der Waals surface area contributed by atoms with Gasteiger partial charge < -0.3 is 24.6 Å². The van der Waals surface area contributed by atoms with Gasteiger partial charge in [-0.05, 0) is 19.8 Å². The molecule has 0 spiro atoms. The third-order valence-electron chi connectivity index (χ3n) is 6.36. The van der Waals surface area contributed by atoms with Gasteiger partial charge >= 0.3 is 12.1 Å². The second-order valence-electron chi connectivity index (χ2n) is 8.42. The number of fused-ring (bicyclic) bond motifs is 2. The minimum Gasteiger partial charge on any atom is -0.467 e. The molecular formula is C21H28N6O9. The van der Waals surface area contributed by atoms with Crippen molar-refractivity contribution in [2.24, 2.45) is 7.05 Å². The molecule has 4 rings (SSSR count). The van der Waals surface area contributed by atoms with Crippen LogP contribution in [0.25, 0.3) is 16.9 Å². The van der Waals surface area contributed by atoms with Crippen LogP contribution in [0.3, 0.4) is 0 Å². The van der Waals surface area contributed by atoms with Gasteiger partial charge in [0.15, 0.2) is 17.2 Å². The van der Waals surface area contributed by atoms with Crippen molar-refractivity contribution in [2.45, 2.75) is 50.7 Å². The van der Waals surface area contributed by atoms with E-state index in [1.165, 1.54) is 10.7 Å². The highest BCUT2D eigenvalue weighted by Gasteiger charge is 2.35. The minimum atomic E-state index is -1.44. The highest BCUT2D eigenvalue weighted by Crippen LogP contribution is 2.30. The number of hydrogen-bond donors (Lipinski definition) is 3. The third kappa shape index (κ3) is 4.30. The number of rotatable bonds is 8. The van der Waals surface area contributed by atoms with Gasteiger partial charge in [0, 0.05) is 13.5 Å². The first-order chi connectivity index (χ1) is 17.2. The summed E-state index contributed by atoms with van der Waals surface area (Å²) in [5, 5.41) is 21.3. The molecule has 4 atom stereocenters. The zero-order chi connectivity index (χ0) is 26.1. The number of carbonyl (C=O) groups excluding carboxylic acids is 2. The number of amides is 1. The van der Waals surface area contributed by atoms with Crippen LogP contribution in [0, 0.1) is 6.92 Å². The fraction of sp³-hybridized carbons (Fsp3) is 0.571. The number of nitrogens with one attached hydrogen (secondary N) is 1. The van der Waals surface area contributed by atoms with Gasteiger partial charge in [0.2, 0.25) is 5.78 Å². The average Bonchev–Trinajstić information content (AvgIpc) is 3.61. The smallest absolute Gasteiger partial charge is 0.407 e. The Bertz CT molecular complexity index is 1350. The van der Waals surface area contributed by atoms with Crippen LogP contribution in [-0.2, 0) is 37.4 Å². The molecule has 15 nitrogen and oxygen atoms in total. The van der Waals surface area contributed by atoms with Crippen molar-refractivity contribution in [3.63, 3.8) is 0 Å². The first-order valence-corrected chi connectivity index (χ1v) is 11.2. The summed E-state index contributed by atoms with van der Waals surface area (Å²) < 4.78 is 19.9. The van der Waals surface area contributed by atoms with Gasteiger partial charge in [0.1, 0.15) is 12.3 Å². The molecule has 196 valence electrons. The van der Waals surface area contributed by atoms with Crippen molar-refractivity contribution >= 4 is 29.0 Å². The standard InChI is InChI=1S/C21H28N6O9/c1-10-12(7-13(36-32)15(19(30)33-3)24-21(31)34-4)27-18(29)16-17(25(2)20(27)23-10)26(9-22-16)14-6-5-11(8-28)35-14/h9,11,13-15,28,32H,5-8H2,1-4H3,(H,24,31). The van der Waals surface area contributed by atoms with Gasteiger partial charge in [-0.3, -0.25) is 19.2 Å². The first kappa shape index (κ1) is 25.6. The lowest BCUT2D eigenvalue weighted by atomic mass is 10.0. The molecule has 3 aromatic heterocycles. The fourth-order valence-corrected chi connectivity index (χ4v) is 4.52. The van der Waals surface area contributed by atoms with Crippen molar-refractivity contribution in [1.82, 2.24) is 28.8 Å². The molecule has 0 aromatic carbocycles. The molecular weight excluding hydrogens is 480 g/mol. The average molecular weight is 508 g/mol. The predicted molar refractivity (Wildman–Crippen MR) is 121 cm³/mol. The van der Waals surface area contributed by atoms with Crippen LogP contribution in [0.1, 0.15) is 30.5 Å². The largest absolute Gasteiger partial charge is 0.467 e. The Balaban J connectivity index is 1.79. The van der Waals surface area contributed by atoms with Crippen LogP contribution in [0.15, 0.2) is 11.1 Å². The highest BCUT2D eigenvalue weighted by molar-refractivity contribution is 5.82. The normalized spacial score (nSPS) is 19.5. The zero-order valence-corrected chi connectivity index (χ0v) is 20.2. The maximum absolute atomic E-state index is 13.5. The molecule has 1 aliphatic rings. The lowest BCUT2D eigenvalue weighted by Crippen LogP contribution is -2.51. The second-order valence-corrected chi connectivity index (χ2v) is 8.42. The summed E-state index contributed by atoms with van der Waals surface area (Å²) in [5.41, 5.74) is 0.930. The summed E-state index contributed by atoms with van der Waals surface area (Å²) in [6.07, 6.45) is -0.328. The quantitative estimate of drug-likeness (QED) is 0.206. The second kappa shape index (κ2) is 10.2. The van der Waals surface area contributed by atoms with Gasteiger partial charge in [-0.25, -0.2) is 28.8 Å². The van der Waals surface area contributed by atoms with E-state index < -0.39 is 36.0 Å². The maximum Gasteiger partial charge on any atom is 0.407 e. The SMILES string of the molecule is COC(=O)NC(C(=O)OC)C(Cc1c(C)nc2n(C)c3c(ncn3C3CCC(CO)O3)c(=O)n12)OO. The number of ether oxygens (including phenoxy) is 3. The highest BCUT2D eigenvalue weighted by atomic mass is 17.1. The van der Waals surface area contributed by atoms with Crippen LogP contribution in [0.5, 0.6) is 0 Å². The lowest BCUT2D eigenvalue weighted by molar-refractivity contribution is -0.283. The van der Waals surface area contributed by atoms with E-state index in [-0.39, 0.29) is 30.4 Å². The Morgan fingerprint density at radius 2 is 2.06 bits per heavy atom. The summed E-state index contributed by atoms with van der Waals surface area (Å²) in [5.74, 6) is -0.608. The van der Waals surface area contributed by atoms with Gasteiger partial charge in [0.25, 0.3) is 5.56 Å². The summed E-state index contributed by atoms with van der Waals surface area (Å²) in [6, 6.07) is -1.44. The third-order valence-corrected chi connectivity index (χ3v) is 6.36. The number of nitrogens with zero attached hydrogens (tertiary/aromatic N) is 5. The Kier molecular flexibility index (Phi) is 7.26. The molecule has 0 radical (unpaired) electrons. The van der Waals surface area contributed by atoms with Gasteiger partial charge in [-0.1, -0.05) is 0 Å². The Morgan fingerprint density at radius 1 is 1.31 bits per heavy atom. The van der Waals surface area contributed by atoms with Crippen molar-refractivity contribution in [3.8, 4) is 0 Å². The van der Waals surface area contributed by atoms with Crippen LogP contribution in [0.2, 0.25) is 0 Å². The number of hydrogen-bond acceptors (Lipinski definition) is 11. The molecule has 0 aliphatic carbocycles. The molecule has 0 saturated carbocycles. The summed E-state index contributed by atoms with van der Waals surface area (Å²) in [4.78, 5) is 51.0. The molecule has 1 fully saturated rings. The number of alkyl carbamates (subject to hydrolysis) is 1. The van der Waals surface area contributed by atoms with Gasteiger partial charge in [-0.2, -0.15) is 0 Å². The van der Waals surface area contributed by atoms with E-state index in [1.54, 1.807) is 23.1 Å². The van der Waals surface area contributed by atoms with E-state index in [1.807, 2.05) is 0 Å². The van der Waals surface area contributed by atoms with E-state index in [9.17, 15) is 24.7 Å². The molecule has 3 aromatic rings. The monoisotopic (exact) mass is 508 g/mol. The van der Waals surface area contributed by atoms with Crippen molar-refractivity contribution < 1.29 is 39.1 Å². The van der Waals surface area contributed by atoms with Crippen molar-refractivity contribution in [2.75, 3.05) is 20.8 Å². The zero-order valence-electron chi connectivity index (χ0n) is 20.2. The van der Waals surface area contributed by atoms with E-state index in [0.717, 1.165) is 14.2 Å². The van der Waals surface area contributed by atoms with Crippen LogP contribution >= 0.6 is 0 Å². The molecule has 1 aliphatic heterocycles. The lowest BCUT2D eigenvalue weighted by Gasteiger charge is -2.23. The van der Waals surface area contributed by atoms with Crippen LogP contribution < -0.4 is 10.9 Å². The Labute approximate surface area is 204 Å². The molecule has 4 heterocycles. The number of aliphatic hydroxyl groups excluding tert-OH is 1.